The SMILES string of the molecule is CN1C(=O)CCC12CCN(C(=O)c1scc3c1CCCC3)CC2. The Balaban J connectivity index is 1.47. The largest absolute Gasteiger partial charge is 0.340 e. The summed E-state index contributed by atoms with van der Waals surface area (Å²) < 4.78 is 0. The van der Waals surface area contributed by atoms with Crippen LogP contribution in [0.1, 0.15) is 59.3 Å². The van der Waals surface area contributed by atoms with Gasteiger partial charge in [0.1, 0.15) is 0 Å². The van der Waals surface area contributed by atoms with Gasteiger partial charge in [-0.15, -0.1) is 11.3 Å². The molecule has 23 heavy (non-hydrogen) atoms. The zero-order valence-electron chi connectivity index (χ0n) is 13.8. The van der Waals surface area contributed by atoms with E-state index in [0.717, 1.165) is 50.1 Å². The van der Waals surface area contributed by atoms with Gasteiger partial charge in [0.15, 0.2) is 0 Å². The third-order valence-electron chi connectivity index (χ3n) is 6.17. The van der Waals surface area contributed by atoms with Crippen molar-refractivity contribution in [1.29, 1.82) is 0 Å². The molecule has 3 heterocycles. The molecule has 2 saturated heterocycles. The number of hydrogen-bond donors (Lipinski definition) is 0. The van der Waals surface area contributed by atoms with Crippen molar-refractivity contribution in [2.24, 2.45) is 0 Å². The fourth-order valence-electron chi connectivity index (χ4n) is 4.49. The normalized spacial score (nSPS) is 23.4. The number of piperidine rings is 1. The molecule has 2 aliphatic heterocycles. The second-order valence-corrected chi connectivity index (χ2v) is 8.12. The summed E-state index contributed by atoms with van der Waals surface area (Å²) in [7, 11) is 1.93. The molecule has 0 aromatic carbocycles. The van der Waals surface area contributed by atoms with Crippen molar-refractivity contribution in [1.82, 2.24) is 9.80 Å². The highest BCUT2D eigenvalue weighted by molar-refractivity contribution is 7.12. The quantitative estimate of drug-likeness (QED) is 0.793. The van der Waals surface area contributed by atoms with Gasteiger partial charge in [-0.25, -0.2) is 0 Å². The van der Waals surface area contributed by atoms with Crippen molar-refractivity contribution in [3.63, 3.8) is 0 Å². The highest BCUT2D eigenvalue weighted by Gasteiger charge is 2.45. The van der Waals surface area contributed by atoms with Gasteiger partial charge in [-0.2, -0.15) is 0 Å². The number of carbonyl (C=O) groups excluding carboxylic acids is 2. The third-order valence-corrected chi connectivity index (χ3v) is 7.23. The maximum absolute atomic E-state index is 12.9. The maximum atomic E-state index is 12.9. The van der Waals surface area contributed by atoms with Crippen molar-refractivity contribution >= 4 is 23.2 Å². The fourth-order valence-corrected chi connectivity index (χ4v) is 5.62. The molecule has 1 aromatic rings. The Bertz CT molecular complexity index is 643. The van der Waals surface area contributed by atoms with E-state index in [1.54, 1.807) is 11.3 Å². The first-order valence-corrected chi connectivity index (χ1v) is 9.64. The first-order valence-electron chi connectivity index (χ1n) is 8.76. The monoisotopic (exact) mass is 332 g/mol. The average molecular weight is 332 g/mol. The van der Waals surface area contributed by atoms with Crippen LogP contribution in [0.2, 0.25) is 0 Å². The molecule has 3 aliphatic rings. The minimum Gasteiger partial charge on any atom is -0.340 e. The number of thiophene rings is 1. The highest BCUT2D eigenvalue weighted by Crippen LogP contribution is 2.39. The highest BCUT2D eigenvalue weighted by atomic mass is 32.1. The van der Waals surface area contributed by atoms with Crippen molar-refractivity contribution in [2.45, 2.75) is 56.9 Å². The van der Waals surface area contributed by atoms with Gasteiger partial charge in [-0.3, -0.25) is 9.59 Å². The van der Waals surface area contributed by atoms with Gasteiger partial charge in [0.25, 0.3) is 5.91 Å². The minimum absolute atomic E-state index is 0.0166. The van der Waals surface area contributed by atoms with Gasteiger partial charge >= 0.3 is 0 Å². The number of hydrogen-bond acceptors (Lipinski definition) is 3. The zero-order chi connectivity index (χ0) is 16.0. The van der Waals surface area contributed by atoms with Crippen molar-refractivity contribution in [2.75, 3.05) is 20.1 Å². The van der Waals surface area contributed by atoms with Gasteiger partial charge in [0.05, 0.1) is 4.88 Å². The molecule has 4 rings (SSSR count). The van der Waals surface area contributed by atoms with E-state index in [2.05, 4.69) is 5.38 Å². The second-order valence-electron chi connectivity index (χ2n) is 7.25. The molecule has 124 valence electrons. The van der Waals surface area contributed by atoms with Crippen LogP contribution in [-0.2, 0) is 17.6 Å². The molecule has 0 unspecified atom stereocenters. The van der Waals surface area contributed by atoms with Crippen molar-refractivity contribution in [3.05, 3.63) is 21.4 Å². The summed E-state index contributed by atoms with van der Waals surface area (Å²) in [6, 6.07) is 0. The predicted octanol–water partition coefficient (Wildman–Crippen LogP) is 2.85. The summed E-state index contributed by atoms with van der Waals surface area (Å²) >= 11 is 1.64. The molecule has 4 nitrogen and oxygen atoms in total. The van der Waals surface area contributed by atoms with Gasteiger partial charge in [0, 0.05) is 32.1 Å². The van der Waals surface area contributed by atoms with Crippen molar-refractivity contribution < 1.29 is 9.59 Å². The Hall–Kier alpha value is -1.36. The van der Waals surface area contributed by atoms with Crippen LogP contribution in [-0.4, -0.2) is 47.3 Å². The number of rotatable bonds is 1. The second kappa shape index (κ2) is 5.62. The molecular formula is C18H24N2O2S. The van der Waals surface area contributed by atoms with Crippen LogP contribution < -0.4 is 0 Å². The van der Waals surface area contributed by atoms with Gasteiger partial charge in [-0.1, -0.05) is 0 Å². The average Bonchev–Trinajstić information content (AvgIpc) is 3.13. The Morgan fingerprint density at radius 2 is 1.87 bits per heavy atom. The lowest BCUT2D eigenvalue weighted by atomic mass is 9.85. The minimum atomic E-state index is 0.0166. The topological polar surface area (TPSA) is 40.6 Å². The van der Waals surface area contributed by atoms with E-state index >= 15 is 0 Å². The summed E-state index contributed by atoms with van der Waals surface area (Å²) in [4.78, 5) is 29.7. The fraction of sp³-hybridized carbons (Fsp3) is 0.667. The van der Waals surface area contributed by atoms with Crippen LogP contribution >= 0.6 is 11.3 Å². The molecule has 0 atom stereocenters. The van der Waals surface area contributed by atoms with E-state index in [1.807, 2.05) is 16.8 Å². The molecule has 5 heteroatoms. The molecule has 2 fully saturated rings. The predicted molar refractivity (Wildman–Crippen MR) is 90.8 cm³/mol. The first kappa shape index (κ1) is 15.2. The molecule has 1 aromatic heterocycles. The van der Waals surface area contributed by atoms with E-state index in [-0.39, 0.29) is 17.4 Å². The van der Waals surface area contributed by atoms with Crippen LogP contribution in [0.4, 0.5) is 0 Å². The number of aryl methyl sites for hydroxylation is 1. The summed E-state index contributed by atoms with van der Waals surface area (Å²) in [5.74, 6) is 0.483. The van der Waals surface area contributed by atoms with Gasteiger partial charge < -0.3 is 9.80 Å². The first-order chi connectivity index (χ1) is 11.1. The number of carbonyl (C=O) groups is 2. The van der Waals surface area contributed by atoms with Crippen LogP contribution in [0, 0.1) is 0 Å². The van der Waals surface area contributed by atoms with Crippen LogP contribution in [0.25, 0.3) is 0 Å². The Kier molecular flexibility index (Phi) is 3.71. The van der Waals surface area contributed by atoms with Crippen LogP contribution in [0.5, 0.6) is 0 Å². The van der Waals surface area contributed by atoms with E-state index in [0.29, 0.717) is 6.42 Å². The third kappa shape index (κ3) is 2.40. The van der Waals surface area contributed by atoms with E-state index in [1.165, 1.54) is 24.0 Å². The lowest BCUT2D eigenvalue weighted by Crippen LogP contribution is -2.52. The molecule has 1 aliphatic carbocycles. The Morgan fingerprint density at radius 3 is 2.57 bits per heavy atom. The Morgan fingerprint density at radius 1 is 1.13 bits per heavy atom. The van der Waals surface area contributed by atoms with E-state index in [4.69, 9.17) is 0 Å². The molecule has 1 spiro atoms. The smallest absolute Gasteiger partial charge is 0.264 e. The standard InChI is InChI=1S/C18H24N2O2S/c1-19-15(21)6-7-18(19)8-10-20(11-9-18)17(22)16-14-5-3-2-4-13(14)12-23-16/h12H,2-11H2,1H3. The number of amides is 2. The molecule has 0 bridgehead atoms. The summed E-state index contributed by atoms with van der Waals surface area (Å²) in [5.41, 5.74) is 2.74. The van der Waals surface area contributed by atoms with Crippen LogP contribution in [0.3, 0.4) is 0 Å². The molecular weight excluding hydrogens is 308 g/mol. The van der Waals surface area contributed by atoms with E-state index < -0.39 is 0 Å². The number of fused-ring (bicyclic) bond motifs is 1. The lowest BCUT2D eigenvalue weighted by molar-refractivity contribution is -0.130. The van der Waals surface area contributed by atoms with E-state index in [9.17, 15) is 9.59 Å². The summed E-state index contributed by atoms with van der Waals surface area (Å²) in [5, 5.41) is 2.19. The zero-order valence-corrected chi connectivity index (χ0v) is 14.6. The maximum Gasteiger partial charge on any atom is 0.264 e. The molecule has 0 saturated carbocycles. The summed E-state index contributed by atoms with van der Waals surface area (Å²) in [6.07, 6.45) is 8.14. The van der Waals surface area contributed by atoms with Gasteiger partial charge in [-0.05, 0) is 61.5 Å². The summed E-state index contributed by atoms with van der Waals surface area (Å²) in [6.45, 7) is 1.56. The number of likely N-dealkylation sites (tertiary alicyclic amines) is 2. The lowest BCUT2D eigenvalue weighted by Gasteiger charge is -2.43. The Labute approximate surface area is 141 Å². The number of nitrogens with zero attached hydrogens (tertiary/aromatic N) is 2. The molecule has 2 amide bonds. The van der Waals surface area contributed by atoms with Crippen LogP contribution in [0.15, 0.2) is 5.38 Å². The molecule has 0 radical (unpaired) electrons. The van der Waals surface area contributed by atoms with Gasteiger partial charge in [0.2, 0.25) is 5.91 Å². The molecule has 0 N–H and O–H groups in total. The van der Waals surface area contributed by atoms with Crippen molar-refractivity contribution in [3.8, 4) is 0 Å².